The van der Waals surface area contributed by atoms with E-state index in [0.717, 1.165) is 32.5 Å². The number of amides is 1. The molecule has 0 saturated carbocycles. The van der Waals surface area contributed by atoms with E-state index in [1.165, 1.54) is 0 Å². The summed E-state index contributed by atoms with van der Waals surface area (Å²) in [6.07, 6.45) is 2.06. The van der Waals surface area contributed by atoms with Gasteiger partial charge < -0.3 is 19.3 Å². The molecular formula is C18H28N2O3. The molecule has 1 amide bonds. The van der Waals surface area contributed by atoms with Gasteiger partial charge in [-0.05, 0) is 44.5 Å². The predicted molar refractivity (Wildman–Crippen MR) is 91.4 cm³/mol. The molecule has 1 aliphatic heterocycles. The summed E-state index contributed by atoms with van der Waals surface area (Å²) < 4.78 is 10.8. The molecule has 0 N–H and O–H groups in total. The first-order valence-electron chi connectivity index (χ1n) is 8.41. The molecule has 1 aliphatic rings. The normalized spacial score (nSPS) is 16.2. The van der Waals surface area contributed by atoms with Crippen molar-refractivity contribution >= 4 is 5.91 Å². The number of methoxy groups -OCH3 is 1. The van der Waals surface area contributed by atoms with Crippen molar-refractivity contribution < 1.29 is 14.3 Å². The molecule has 1 heterocycles. The van der Waals surface area contributed by atoms with Gasteiger partial charge in [0.15, 0.2) is 11.5 Å². The average Bonchev–Trinajstić information content (AvgIpc) is 2.60. The Morgan fingerprint density at radius 1 is 1.26 bits per heavy atom. The molecule has 0 aliphatic carbocycles. The monoisotopic (exact) mass is 320 g/mol. The van der Waals surface area contributed by atoms with Crippen LogP contribution in [0.5, 0.6) is 11.5 Å². The molecule has 23 heavy (non-hydrogen) atoms. The summed E-state index contributed by atoms with van der Waals surface area (Å²) in [6.45, 7) is 7.85. The average molecular weight is 320 g/mol. The standard InChI is InChI=1S/C18H28N2O3/c1-5-20-11-9-15(10-12-20)19(3)18(21)14-7-8-16(22-4)17(13-14)23-6-2/h7-8,13,15H,5-6,9-12H2,1-4H3. The Hall–Kier alpha value is -1.75. The summed E-state index contributed by atoms with van der Waals surface area (Å²) in [5.74, 6) is 1.32. The first kappa shape index (κ1) is 17.6. The summed E-state index contributed by atoms with van der Waals surface area (Å²) in [7, 11) is 3.51. The Morgan fingerprint density at radius 3 is 2.52 bits per heavy atom. The van der Waals surface area contributed by atoms with Gasteiger partial charge >= 0.3 is 0 Å². The second-order valence-electron chi connectivity index (χ2n) is 5.88. The van der Waals surface area contributed by atoms with E-state index in [1.807, 2.05) is 18.9 Å². The van der Waals surface area contributed by atoms with E-state index >= 15 is 0 Å². The minimum absolute atomic E-state index is 0.0450. The summed E-state index contributed by atoms with van der Waals surface area (Å²) in [5, 5.41) is 0. The van der Waals surface area contributed by atoms with Crippen molar-refractivity contribution in [3.8, 4) is 11.5 Å². The lowest BCUT2D eigenvalue weighted by Gasteiger charge is -2.36. The van der Waals surface area contributed by atoms with Gasteiger partial charge in [-0.3, -0.25) is 4.79 Å². The lowest BCUT2D eigenvalue weighted by molar-refractivity contribution is 0.0646. The number of piperidine rings is 1. The zero-order valence-corrected chi connectivity index (χ0v) is 14.7. The maximum atomic E-state index is 12.8. The summed E-state index contributed by atoms with van der Waals surface area (Å²) >= 11 is 0. The van der Waals surface area contributed by atoms with Crippen LogP contribution in [0, 0.1) is 0 Å². The molecule has 128 valence electrons. The van der Waals surface area contributed by atoms with Crippen LogP contribution in [0.15, 0.2) is 18.2 Å². The van der Waals surface area contributed by atoms with E-state index in [-0.39, 0.29) is 5.91 Å². The van der Waals surface area contributed by atoms with Crippen LogP contribution in [0.25, 0.3) is 0 Å². The first-order chi connectivity index (χ1) is 11.1. The van der Waals surface area contributed by atoms with Crippen molar-refractivity contribution in [2.45, 2.75) is 32.7 Å². The van der Waals surface area contributed by atoms with Gasteiger partial charge in [0, 0.05) is 31.7 Å². The fourth-order valence-corrected chi connectivity index (χ4v) is 3.07. The number of hydrogen-bond acceptors (Lipinski definition) is 4. The summed E-state index contributed by atoms with van der Waals surface area (Å²) in [6, 6.07) is 5.69. The molecule has 0 aromatic heterocycles. The first-order valence-corrected chi connectivity index (χ1v) is 8.41. The second kappa shape index (κ2) is 8.20. The molecule has 0 unspecified atom stereocenters. The molecule has 5 heteroatoms. The number of rotatable bonds is 6. The predicted octanol–water partition coefficient (Wildman–Crippen LogP) is 2.65. The highest BCUT2D eigenvalue weighted by Crippen LogP contribution is 2.29. The number of likely N-dealkylation sites (tertiary alicyclic amines) is 1. The smallest absolute Gasteiger partial charge is 0.253 e. The van der Waals surface area contributed by atoms with Gasteiger partial charge in [0.1, 0.15) is 0 Å². The number of nitrogens with zero attached hydrogens (tertiary/aromatic N) is 2. The SMILES string of the molecule is CCOc1cc(C(=O)N(C)C2CCN(CC)CC2)ccc1OC. The minimum Gasteiger partial charge on any atom is -0.493 e. The molecule has 0 bridgehead atoms. The van der Waals surface area contributed by atoms with Gasteiger partial charge in [-0.25, -0.2) is 0 Å². The fraction of sp³-hybridized carbons (Fsp3) is 0.611. The minimum atomic E-state index is 0.0450. The highest BCUT2D eigenvalue weighted by Gasteiger charge is 2.25. The molecular weight excluding hydrogens is 292 g/mol. The number of carbonyl (C=O) groups excluding carboxylic acids is 1. The third-order valence-corrected chi connectivity index (χ3v) is 4.58. The number of ether oxygens (including phenoxy) is 2. The van der Waals surface area contributed by atoms with Crippen molar-refractivity contribution in [2.24, 2.45) is 0 Å². The van der Waals surface area contributed by atoms with Crippen LogP contribution in [0.1, 0.15) is 37.0 Å². The van der Waals surface area contributed by atoms with Gasteiger partial charge in [0.25, 0.3) is 5.91 Å². The molecule has 1 aromatic carbocycles. The van der Waals surface area contributed by atoms with Crippen LogP contribution >= 0.6 is 0 Å². The van der Waals surface area contributed by atoms with E-state index in [2.05, 4.69) is 11.8 Å². The van der Waals surface area contributed by atoms with Crippen LogP contribution in [0.4, 0.5) is 0 Å². The molecule has 5 nitrogen and oxygen atoms in total. The lowest BCUT2D eigenvalue weighted by Crippen LogP contribution is -2.45. The van der Waals surface area contributed by atoms with Gasteiger partial charge in [-0.15, -0.1) is 0 Å². The van der Waals surface area contributed by atoms with E-state index in [9.17, 15) is 4.79 Å². The van der Waals surface area contributed by atoms with Crippen LogP contribution in [0.2, 0.25) is 0 Å². The molecule has 1 aromatic rings. The highest BCUT2D eigenvalue weighted by atomic mass is 16.5. The Morgan fingerprint density at radius 2 is 1.96 bits per heavy atom. The fourth-order valence-electron chi connectivity index (χ4n) is 3.07. The zero-order chi connectivity index (χ0) is 16.8. The van der Waals surface area contributed by atoms with Gasteiger partial charge in [-0.2, -0.15) is 0 Å². The van der Waals surface area contributed by atoms with Crippen molar-refractivity contribution in [1.82, 2.24) is 9.80 Å². The highest BCUT2D eigenvalue weighted by molar-refractivity contribution is 5.95. The van der Waals surface area contributed by atoms with Crippen molar-refractivity contribution in [1.29, 1.82) is 0 Å². The lowest BCUT2D eigenvalue weighted by atomic mass is 10.0. The van der Waals surface area contributed by atoms with Crippen LogP contribution < -0.4 is 9.47 Å². The number of benzene rings is 1. The third-order valence-electron chi connectivity index (χ3n) is 4.58. The second-order valence-corrected chi connectivity index (χ2v) is 5.88. The molecule has 1 fully saturated rings. The van der Waals surface area contributed by atoms with Crippen molar-refractivity contribution in [3.63, 3.8) is 0 Å². The maximum absolute atomic E-state index is 12.8. The Kier molecular flexibility index (Phi) is 6.28. The quantitative estimate of drug-likeness (QED) is 0.808. The Balaban J connectivity index is 2.08. The maximum Gasteiger partial charge on any atom is 0.253 e. The van der Waals surface area contributed by atoms with Crippen molar-refractivity contribution in [2.75, 3.05) is 40.4 Å². The van der Waals surface area contributed by atoms with Gasteiger partial charge in [0.05, 0.1) is 13.7 Å². The Labute approximate surface area is 139 Å². The Bertz CT molecular complexity index is 525. The van der Waals surface area contributed by atoms with Crippen LogP contribution in [-0.4, -0.2) is 62.1 Å². The summed E-state index contributed by atoms with van der Waals surface area (Å²) in [5.41, 5.74) is 0.648. The molecule has 0 spiro atoms. The van der Waals surface area contributed by atoms with Crippen LogP contribution in [0.3, 0.4) is 0 Å². The van der Waals surface area contributed by atoms with E-state index < -0.39 is 0 Å². The van der Waals surface area contributed by atoms with Crippen molar-refractivity contribution in [3.05, 3.63) is 23.8 Å². The van der Waals surface area contributed by atoms with Gasteiger partial charge in [-0.1, -0.05) is 6.92 Å². The topological polar surface area (TPSA) is 42.0 Å². The number of carbonyl (C=O) groups is 1. The molecule has 0 atom stereocenters. The van der Waals surface area contributed by atoms with Crippen LogP contribution in [-0.2, 0) is 0 Å². The third kappa shape index (κ3) is 4.16. The van der Waals surface area contributed by atoms with E-state index in [1.54, 1.807) is 25.3 Å². The number of hydrogen-bond donors (Lipinski definition) is 0. The molecule has 2 rings (SSSR count). The summed E-state index contributed by atoms with van der Waals surface area (Å²) in [4.78, 5) is 17.1. The molecule has 1 saturated heterocycles. The van der Waals surface area contributed by atoms with E-state index in [0.29, 0.717) is 29.7 Å². The van der Waals surface area contributed by atoms with E-state index in [4.69, 9.17) is 9.47 Å². The largest absolute Gasteiger partial charge is 0.493 e. The van der Waals surface area contributed by atoms with Gasteiger partial charge in [0.2, 0.25) is 0 Å². The zero-order valence-electron chi connectivity index (χ0n) is 14.7. The molecule has 0 radical (unpaired) electrons.